The molecule has 0 saturated heterocycles. The Bertz CT molecular complexity index is 540. The van der Waals surface area contributed by atoms with Crippen LogP contribution >= 0.6 is 0 Å². The molecular weight excluding hydrogens is 306 g/mol. The first-order valence-electron chi connectivity index (χ1n) is 8.37. The molecule has 24 heavy (non-hydrogen) atoms. The highest BCUT2D eigenvalue weighted by molar-refractivity contribution is 5.97. The Morgan fingerprint density at radius 2 is 1.67 bits per heavy atom. The van der Waals surface area contributed by atoms with Crippen molar-refractivity contribution in [1.29, 1.82) is 0 Å². The van der Waals surface area contributed by atoms with Crippen LogP contribution in [0.3, 0.4) is 0 Å². The van der Waals surface area contributed by atoms with Crippen LogP contribution in [-0.2, 0) is 14.3 Å². The van der Waals surface area contributed by atoms with E-state index in [9.17, 15) is 14.4 Å². The molecule has 132 valence electrons. The van der Waals surface area contributed by atoms with Crippen molar-refractivity contribution in [2.24, 2.45) is 5.92 Å². The number of esters is 1. The summed E-state index contributed by atoms with van der Waals surface area (Å²) in [5, 5.41) is 0. The lowest BCUT2D eigenvalue weighted by Gasteiger charge is -2.23. The second-order valence-electron chi connectivity index (χ2n) is 6.18. The van der Waals surface area contributed by atoms with Gasteiger partial charge < -0.3 is 9.64 Å². The number of ether oxygens (including phenoxy) is 1. The average Bonchev–Trinajstić information content (AvgIpc) is 2.59. The van der Waals surface area contributed by atoms with Crippen LogP contribution in [0.5, 0.6) is 0 Å². The fourth-order valence-corrected chi connectivity index (χ4v) is 2.25. The van der Waals surface area contributed by atoms with Crippen molar-refractivity contribution >= 4 is 17.7 Å². The van der Waals surface area contributed by atoms with Crippen LogP contribution in [0.2, 0.25) is 0 Å². The van der Waals surface area contributed by atoms with E-state index in [2.05, 4.69) is 18.6 Å². The molecule has 5 nitrogen and oxygen atoms in total. The van der Waals surface area contributed by atoms with Crippen LogP contribution in [0.1, 0.15) is 49.9 Å². The minimum Gasteiger partial charge on any atom is -0.469 e. The summed E-state index contributed by atoms with van der Waals surface area (Å²) in [6.45, 7) is 5.09. The largest absolute Gasteiger partial charge is 0.469 e. The predicted molar refractivity (Wildman–Crippen MR) is 92.7 cm³/mol. The molecule has 0 saturated carbocycles. The van der Waals surface area contributed by atoms with Gasteiger partial charge in [0.2, 0.25) is 5.91 Å². The van der Waals surface area contributed by atoms with Gasteiger partial charge in [-0.15, -0.1) is 0 Å². The first-order chi connectivity index (χ1) is 11.4. The van der Waals surface area contributed by atoms with E-state index in [-0.39, 0.29) is 36.9 Å². The maximum atomic E-state index is 12.4. The number of methoxy groups -OCH3 is 1. The summed E-state index contributed by atoms with van der Waals surface area (Å²) in [7, 11) is 1.33. The third kappa shape index (κ3) is 7.40. The van der Waals surface area contributed by atoms with Crippen LogP contribution in [-0.4, -0.2) is 42.8 Å². The highest BCUT2D eigenvalue weighted by Crippen LogP contribution is 2.09. The van der Waals surface area contributed by atoms with Gasteiger partial charge in [-0.05, 0) is 12.3 Å². The molecule has 0 aliphatic rings. The van der Waals surface area contributed by atoms with Crippen LogP contribution in [0, 0.1) is 5.92 Å². The molecule has 0 unspecified atom stereocenters. The number of nitrogens with zero attached hydrogens (tertiary/aromatic N) is 1. The Labute approximate surface area is 144 Å². The van der Waals surface area contributed by atoms with E-state index in [4.69, 9.17) is 0 Å². The Morgan fingerprint density at radius 3 is 2.25 bits per heavy atom. The van der Waals surface area contributed by atoms with Crippen LogP contribution in [0.15, 0.2) is 30.3 Å². The molecule has 0 radical (unpaired) electrons. The summed E-state index contributed by atoms with van der Waals surface area (Å²) in [6.07, 6.45) is 1.37. The molecule has 1 aromatic rings. The number of benzene rings is 1. The number of hydrogen-bond donors (Lipinski definition) is 0. The van der Waals surface area contributed by atoms with Crippen LogP contribution in [0.4, 0.5) is 0 Å². The number of amides is 1. The topological polar surface area (TPSA) is 63.7 Å². The molecule has 1 rings (SSSR count). The average molecular weight is 333 g/mol. The quantitative estimate of drug-likeness (QED) is 0.487. The normalized spacial score (nSPS) is 10.5. The van der Waals surface area contributed by atoms with E-state index in [1.165, 1.54) is 7.11 Å². The summed E-state index contributed by atoms with van der Waals surface area (Å²) in [5.74, 6) is -0.00773. The first-order valence-corrected chi connectivity index (χ1v) is 8.37. The lowest BCUT2D eigenvalue weighted by molar-refractivity contribution is -0.141. The van der Waals surface area contributed by atoms with Gasteiger partial charge in [0.15, 0.2) is 5.78 Å². The lowest BCUT2D eigenvalue weighted by Crippen LogP contribution is -2.34. The van der Waals surface area contributed by atoms with Gasteiger partial charge in [0.25, 0.3) is 0 Å². The second kappa shape index (κ2) is 10.6. The molecule has 0 fully saturated rings. The smallest absolute Gasteiger partial charge is 0.307 e. The molecule has 0 N–H and O–H groups in total. The van der Waals surface area contributed by atoms with E-state index < -0.39 is 0 Å². The Hall–Kier alpha value is -2.17. The highest BCUT2D eigenvalue weighted by atomic mass is 16.5. The Morgan fingerprint density at radius 1 is 1.00 bits per heavy atom. The molecule has 0 atom stereocenters. The van der Waals surface area contributed by atoms with Crippen molar-refractivity contribution in [1.82, 2.24) is 4.90 Å². The van der Waals surface area contributed by atoms with Gasteiger partial charge in [-0.1, -0.05) is 44.2 Å². The van der Waals surface area contributed by atoms with Crippen molar-refractivity contribution < 1.29 is 19.1 Å². The van der Waals surface area contributed by atoms with Gasteiger partial charge in [0.1, 0.15) is 0 Å². The number of Topliss-reactive ketones (excluding diaryl/α,β-unsaturated/α-hetero) is 1. The zero-order valence-electron chi connectivity index (χ0n) is 14.8. The summed E-state index contributed by atoms with van der Waals surface area (Å²) < 4.78 is 4.63. The van der Waals surface area contributed by atoms with Gasteiger partial charge in [-0.3, -0.25) is 14.4 Å². The molecule has 1 amide bonds. The summed E-state index contributed by atoms with van der Waals surface area (Å²) in [6, 6.07) is 8.96. The minimum atomic E-state index is -0.335. The first kappa shape index (κ1) is 19.9. The molecule has 0 aliphatic heterocycles. The third-order valence-corrected chi connectivity index (χ3v) is 3.80. The fraction of sp³-hybridized carbons (Fsp3) is 0.526. The van der Waals surface area contributed by atoms with Gasteiger partial charge in [-0.2, -0.15) is 0 Å². The van der Waals surface area contributed by atoms with Crippen LogP contribution in [0.25, 0.3) is 0 Å². The Kier molecular flexibility index (Phi) is 8.76. The molecule has 0 spiro atoms. The summed E-state index contributed by atoms with van der Waals surface area (Å²) in [5.41, 5.74) is 0.619. The number of ketones is 1. The van der Waals surface area contributed by atoms with E-state index in [0.29, 0.717) is 24.6 Å². The highest BCUT2D eigenvalue weighted by Gasteiger charge is 2.17. The van der Waals surface area contributed by atoms with E-state index in [1.54, 1.807) is 29.2 Å². The Balaban J connectivity index is 2.55. The van der Waals surface area contributed by atoms with E-state index >= 15 is 0 Å². The van der Waals surface area contributed by atoms with Crippen molar-refractivity contribution in [2.45, 2.75) is 39.5 Å². The fourth-order valence-electron chi connectivity index (χ4n) is 2.25. The van der Waals surface area contributed by atoms with Crippen molar-refractivity contribution in [3.05, 3.63) is 35.9 Å². The van der Waals surface area contributed by atoms with Gasteiger partial charge in [0.05, 0.1) is 13.5 Å². The SMILES string of the molecule is COC(=O)CCN(CCC(C)C)C(=O)CCC(=O)c1ccccc1. The van der Waals surface area contributed by atoms with Crippen molar-refractivity contribution in [3.8, 4) is 0 Å². The number of rotatable bonds is 10. The molecular formula is C19H27NO4. The molecule has 0 aliphatic carbocycles. The predicted octanol–water partition coefficient (Wildman–Crippen LogP) is 3.09. The minimum absolute atomic E-state index is 0.0410. The second-order valence-corrected chi connectivity index (χ2v) is 6.18. The number of carbonyl (C=O) groups excluding carboxylic acids is 3. The van der Waals surface area contributed by atoms with Gasteiger partial charge >= 0.3 is 5.97 Å². The molecule has 0 heterocycles. The van der Waals surface area contributed by atoms with Crippen LogP contribution < -0.4 is 0 Å². The van der Waals surface area contributed by atoms with E-state index in [1.807, 2.05) is 6.07 Å². The third-order valence-electron chi connectivity index (χ3n) is 3.80. The van der Waals surface area contributed by atoms with Gasteiger partial charge in [-0.25, -0.2) is 0 Å². The number of carbonyl (C=O) groups is 3. The summed E-state index contributed by atoms with van der Waals surface area (Å²) >= 11 is 0. The zero-order valence-corrected chi connectivity index (χ0v) is 14.8. The number of hydrogen-bond acceptors (Lipinski definition) is 4. The van der Waals surface area contributed by atoms with E-state index in [0.717, 1.165) is 6.42 Å². The monoisotopic (exact) mass is 333 g/mol. The maximum Gasteiger partial charge on any atom is 0.307 e. The van der Waals surface area contributed by atoms with Gasteiger partial charge in [0, 0.05) is 31.5 Å². The summed E-state index contributed by atoms with van der Waals surface area (Å²) in [4.78, 5) is 37.5. The molecule has 1 aromatic carbocycles. The molecule has 0 bridgehead atoms. The maximum absolute atomic E-state index is 12.4. The molecule has 0 aromatic heterocycles. The lowest BCUT2D eigenvalue weighted by atomic mass is 10.1. The molecule has 5 heteroatoms. The van der Waals surface area contributed by atoms with Crippen molar-refractivity contribution in [3.63, 3.8) is 0 Å². The standard InChI is InChI=1S/C19H27NO4/c1-15(2)11-13-20(14-12-19(23)24-3)18(22)10-9-17(21)16-7-5-4-6-8-16/h4-8,15H,9-14H2,1-3H3. The van der Waals surface area contributed by atoms with Crippen molar-refractivity contribution in [2.75, 3.05) is 20.2 Å². The zero-order chi connectivity index (χ0) is 17.9.